The van der Waals surface area contributed by atoms with Crippen LogP contribution in [0.2, 0.25) is 0 Å². The third kappa shape index (κ3) is 5.49. The van der Waals surface area contributed by atoms with Crippen LogP contribution >= 0.6 is 0 Å². The summed E-state index contributed by atoms with van der Waals surface area (Å²) in [7, 11) is -2.96. The number of rotatable bonds is 9. The lowest BCUT2D eigenvalue weighted by Crippen LogP contribution is -2.19. The molecule has 0 saturated heterocycles. The second kappa shape index (κ2) is 8.17. The van der Waals surface area contributed by atoms with Crippen molar-refractivity contribution in [1.29, 1.82) is 0 Å². The first-order chi connectivity index (χ1) is 9.93. The highest BCUT2D eigenvalue weighted by molar-refractivity contribution is 7.91. The zero-order valence-electron chi connectivity index (χ0n) is 13.4. The highest BCUT2D eigenvalue weighted by Gasteiger charge is 2.11. The van der Waals surface area contributed by atoms with Crippen molar-refractivity contribution in [3.05, 3.63) is 11.4 Å². The highest BCUT2D eigenvalue weighted by atomic mass is 32.2. The van der Waals surface area contributed by atoms with Gasteiger partial charge in [0.2, 0.25) is 0 Å². The van der Waals surface area contributed by atoms with Crippen LogP contribution < -0.4 is 10.6 Å². The van der Waals surface area contributed by atoms with Crippen molar-refractivity contribution in [2.75, 3.05) is 35.2 Å². The van der Waals surface area contributed by atoms with Crippen molar-refractivity contribution in [1.82, 2.24) is 9.97 Å². The Labute approximate surface area is 127 Å². The Morgan fingerprint density at radius 2 is 1.57 bits per heavy atom. The van der Waals surface area contributed by atoms with E-state index in [1.807, 2.05) is 13.8 Å². The summed E-state index contributed by atoms with van der Waals surface area (Å²) in [6.07, 6.45) is 1.76. The van der Waals surface area contributed by atoms with Crippen molar-refractivity contribution in [3.8, 4) is 0 Å². The number of sulfone groups is 1. The van der Waals surface area contributed by atoms with E-state index in [2.05, 4.69) is 27.5 Å². The Hall–Kier alpha value is -1.37. The topological polar surface area (TPSA) is 84.0 Å². The maximum atomic E-state index is 11.5. The molecule has 0 unspecified atom stereocenters. The number of hydrogen-bond donors (Lipinski definition) is 2. The van der Waals surface area contributed by atoms with E-state index in [0.717, 1.165) is 36.6 Å². The van der Waals surface area contributed by atoms with Gasteiger partial charge in [0, 0.05) is 30.8 Å². The number of nitrogens with one attached hydrogen (secondary N) is 2. The molecule has 7 heteroatoms. The summed E-state index contributed by atoms with van der Waals surface area (Å²) >= 11 is 0. The normalized spacial score (nSPS) is 11.4. The minimum atomic E-state index is -2.96. The van der Waals surface area contributed by atoms with Crippen molar-refractivity contribution in [2.45, 2.75) is 40.5 Å². The van der Waals surface area contributed by atoms with Crippen LogP contribution in [-0.4, -0.2) is 43.0 Å². The summed E-state index contributed by atoms with van der Waals surface area (Å²) in [5.74, 6) is 2.57. The Morgan fingerprint density at radius 3 is 2.05 bits per heavy atom. The molecule has 0 saturated carbocycles. The summed E-state index contributed by atoms with van der Waals surface area (Å²) in [5, 5.41) is 6.41. The number of anilines is 2. The van der Waals surface area contributed by atoms with Crippen LogP contribution in [-0.2, 0) is 16.3 Å². The van der Waals surface area contributed by atoms with Crippen LogP contribution in [0.25, 0.3) is 0 Å². The minimum Gasteiger partial charge on any atom is -0.370 e. The summed E-state index contributed by atoms with van der Waals surface area (Å²) in [6.45, 7) is 8.91. The predicted octanol–water partition coefficient (Wildman–Crippen LogP) is 2.02. The lowest BCUT2D eigenvalue weighted by Gasteiger charge is -2.14. The van der Waals surface area contributed by atoms with E-state index in [0.29, 0.717) is 12.4 Å². The number of nitrogens with zero attached hydrogens (tertiary/aromatic N) is 2. The molecule has 6 nitrogen and oxygen atoms in total. The van der Waals surface area contributed by atoms with E-state index >= 15 is 0 Å². The van der Waals surface area contributed by atoms with Crippen LogP contribution in [0.4, 0.5) is 11.6 Å². The second-order valence-corrected chi connectivity index (χ2v) is 7.38. The van der Waals surface area contributed by atoms with Gasteiger partial charge in [-0.1, -0.05) is 20.8 Å². The third-order valence-corrected chi connectivity index (χ3v) is 4.90. The SMILES string of the molecule is CCCNc1nc(CC)nc(NCCS(=O)(=O)CC)c1C. The van der Waals surface area contributed by atoms with Gasteiger partial charge in [0.05, 0.1) is 5.75 Å². The smallest absolute Gasteiger partial charge is 0.151 e. The van der Waals surface area contributed by atoms with Gasteiger partial charge in [-0.3, -0.25) is 0 Å². The van der Waals surface area contributed by atoms with Crippen LogP contribution in [0.3, 0.4) is 0 Å². The number of aryl methyl sites for hydroxylation is 1. The van der Waals surface area contributed by atoms with E-state index in [4.69, 9.17) is 0 Å². The fourth-order valence-corrected chi connectivity index (χ4v) is 2.48. The van der Waals surface area contributed by atoms with Crippen molar-refractivity contribution in [3.63, 3.8) is 0 Å². The fraction of sp³-hybridized carbons (Fsp3) is 0.714. The van der Waals surface area contributed by atoms with E-state index in [-0.39, 0.29) is 11.5 Å². The molecule has 120 valence electrons. The Balaban J connectivity index is 2.85. The van der Waals surface area contributed by atoms with Gasteiger partial charge in [0.25, 0.3) is 0 Å². The van der Waals surface area contributed by atoms with Gasteiger partial charge < -0.3 is 10.6 Å². The molecule has 0 aliphatic carbocycles. The van der Waals surface area contributed by atoms with Crippen LogP contribution in [0.1, 0.15) is 38.6 Å². The Kier molecular flexibility index (Phi) is 6.87. The van der Waals surface area contributed by atoms with Gasteiger partial charge in [-0.05, 0) is 13.3 Å². The molecule has 0 fully saturated rings. The maximum absolute atomic E-state index is 11.5. The molecule has 1 aromatic rings. The van der Waals surface area contributed by atoms with Gasteiger partial charge in [-0.2, -0.15) is 0 Å². The monoisotopic (exact) mass is 314 g/mol. The molecule has 1 rings (SSSR count). The number of hydrogen-bond acceptors (Lipinski definition) is 6. The number of aromatic nitrogens is 2. The molecule has 21 heavy (non-hydrogen) atoms. The van der Waals surface area contributed by atoms with Gasteiger partial charge in [-0.25, -0.2) is 18.4 Å². The largest absolute Gasteiger partial charge is 0.370 e. The summed E-state index contributed by atoms with van der Waals surface area (Å²) in [4.78, 5) is 8.93. The Bertz CT molecular complexity index is 558. The maximum Gasteiger partial charge on any atom is 0.151 e. The molecule has 0 atom stereocenters. The predicted molar refractivity (Wildman–Crippen MR) is 87.7 cm³/mol. The zero-order chi connectivity index (χ0) is 15.9. The van der Waals surface area contributed by atoms with Crippen LogP contribution in [0, 0.1) is 6.92 Å². The van der Waals surface area contributed by atoms with E-state index in [1.165, 1.54) is 0 Å². The van der Waals surface area contributed by atoms with Crippen LogP contribution in [0.15, 0.2) is 0 Å². The van der Waals surface area contributed by atoms with Gasteiger partial charge in [0.15, 0.2) is 9.84 Å². The van der Waals surface area contributed by atoms with Crippen molar-refractivity contribution in [2.24, 2.45) is 0 Å². The molecule has 0 aliphatic rings. The molecule has 0 amide bonds. The lowest BCUT2D eigenvalue weighted by atomic mass is 10.2. The van der Waals surface area contributed by atoms with Gasteiger partial charge >= 0.3 is 0 Å². The van der Waals surface area contributed by atoms with Crippen LogP contribution in [0.5, 0.6) is 0 Å². The van der Waals surface area contributed by atoms with Gasteiger partial charge in [0.1, 0.15) is 17.5 Å². The minimum absolute atomic E-state index is 0.117. The van der Waals surface area contributed by atoms with Crippen molar-refractivity contribution >= 4 is 21.5 Å². The first-order valence-corrected chi connectivity index (χ1v) is 9.31. The first kappa shape index (κ1) is 17.7. The third-order valence-electron chi connectivity index (χ3n) is 3.20. The van der Waals surface area contributed by atoms with Crippen molar-refractivity contribution < 1.29 is 8.42 Å². The molecule has 0 spiro atoms. The standard InChI is InChI=1S/C14H26N4O2S/c1-5-8-15-13-11(4)14(18-12(6-2)17-13)16-9-10-21(19,20)7-3/h5-10H2,1-4H3,(H2,15,16,17,18). The van der Waals surface area contributed by atoms with E-state index < -0.39 is 9.84 Å². The Morgan fingerprint density at radius 1 is 1.00 bits per heavy atom. The van der Waals surface area contributed by atoms with E-state index in [1.54, 1.807) is 6.92 Å². The molecular formula is C14H26N4O2S. The molecule has 0 bridgehead atoms. The fourth-order valence-electron chi connectivity index (χ4n) is 1.78. The molecule has 1 heterocycles. The lowest BCUT2D eigenvalue weighted by molar-refractivity contribution is 0.597. The molecule has 2 N–H and O–H groups in total. The summed E-state index contributed by atoms with van der Waals surface area (Å²) in [5.41, 5.74) is 0.926. The average Bonchev–Trinajstić information content (AvgIpc) is 2.47. The van der Waals surface area contributed by atoms with E-state index in [9.17, 15) is 8.42 Å². The molecule has 1 aromatic heterocycles. The quantitative estimate of drug-likeness (QED) is 0.725. The first-order valence-electron chi connectivity index (χ1n) is 7.49. The molecule has 0 radical (unpaired) electrons. The molecular weight excluding hydrogens is 288 g/mol. The average molecular weight is 314 g/mol. The van der Waals surface area contributed by atoms with Gasteiger partial charge in [-0.15, -0.1) is 0 Å². The molecule has 0 aliphatic heterocycles. The summed E-state index contributed by atoms with van der Waals surface area (Å²) < 4.78 is 23.0. The second-order valence-electron chi connectivity index (χ2n) is 4.91. The highest BCUT2D eigenvalue weighted by Crippen LogP contribution is 2.20. The molecule has 0 aromatic carbocycles. The zero-order valence-corrected chi connectivity index (χ0v) is 14.2. The summed E-state index contributed by atoms with van der Waals surface area (Å²) in [6, 6.07) is 0.